The van der Waals surface area contributed by atoms with Gasteiger partial charge >= 0.3 is 0 Å². The fourth-order valence-corrected chi connectivity index (χ4v) is 3.77. The van der Waals surface area contributed by atoms with Crippen molar-refractivity contribution in [2.24, 2.45) is 5.73 Å². The average molecular weight is 265 g/mol. The lowest BCUT2D eigenvalue weighted by atomic mass is 9.96. The SMILES string of the molecule is NC(c1sccc1Cl)C1CCc2cccnc21. The van der Waals surface area contributed by atoms with Crippen LogP contribution in [0, 0.1) is 0 Å². The van der Waals surface area contributed by atoms with Crippen molar-refractivity contribution in [3.8, 4) is 0 Å². The number of aryl methyl sites for hydroxylation is 1. The lowest BCUT2D eigenvalue weighted by Crippen LogP contribution is -2.18. The third kappa shape index (κ3) is 1.88. The van der Waals surface area contributed by atoms with Crippen molar-refractivity contribution in [2.45, 2.75) is 24.8 Å². The molecule has 0 saturated heterocycles. The number of nitrogens with zero attached hydrogens (tertiary/aromatic N) is 1. The average Bonchev–Trinajstić information content (AvgIpc) is 2.94. The Morgan fingerprint density at radius 2 is 2.35 bits per heavy atom. The molecular formula is C13H13ClN2S. The molecule has 0 amide bonds. The molecule has 2 unspecified atom stereocenters. The molecule has 88 valence electrons. The van der Waals surface area contributed by atoms with Crippen LogP contribution in [0.2, 0.25) is 5.02 Å². The number of fused-ring (bicyclic) bond motifs is 1. The van der Waals surface area contributed by atoms with Crippen molar-refractivity contribution < 1.29 is 0 Å². The lowest BCUT2D eigenvalue weighted by Gasteiger charge is -2.18. The molecule has 3 rings (SSSR count). The summed E-state index contributed by atoms with van der Waals surface area (Å²) in [5.74, 6) is 0.308. The molecule has 2 heterocycles. The molecule has 1 aliphatic carbocycles. The third-order valence-corrected chi connectivity index (χ3v) is 4.84. The minimum absolute atomic E-state index is 0.0290. The highest BCUT2D eigenvalue weighted by Gasteiger charge is 2.31. The smallest absolute Gasteiger partial charge is 0.0561 e. The number of aromatic nitrogens is 1. The molecule has 0 bridgehead atoms. The fraction of sp³-hybridized carbons (Fsp3) is 0.308. The molecule has 1 aliphatic rings. The minimum atomic E-state index is -0.0290. The molecule has 0 aromatic carbocycles. The van der Waals surface area contributed by atoms with E-state index >= 15 is 0 Å². The monoisotopic (exact) mass is 264 g/mol. The summed E-state index contributed by atoms with van der Waals surface area (Å²) in [6.45, 7) is 0. The molecule has 2 aromatic rings. The normalized spacial score (nSPS) is 20.2. The first kappa shape index (κ1) is 11.2. The standard InChI is InChI=1S/C13H13ClN2S/c14-10-5-7-17-13(10)11(15)9-4-3-8-2-1-6-16-12(8)9/h1-2,5-7,9,11H,3-4,15H2. The van der Waals surface area contributed by atoms with Crippen molar-refractivity contribution in [1.29, 1.82) is 0 Å². The number of rotatable bonds is 2. The van der Waals surface area contributed by atoms with Crippen LogP contribution >= 0.6 is 22.9 Å². The molecule has 0 spiro atoms. The van der Waals surface area contributed by atoms with Crippen molar-refractivity contribution in [3.05, 3.63) is 50.9 Å². The Kier molecular flexibility index (Phi) is 2.90. The fourth-order valence-electron chi connectivity index (χ4n) is 2.52. The first-order chi connectivity index (χ1) is 8.27. The maximum atomic E-state index is 6.35. The van der Waals surface area contributed by atoms with Gasteiger partial charge in [0, 0.05) is 28.7 Å². The predicted molar refractivity (Wildman–Crippen MR) is 71.6 cm³/mol. The molecule has 0 fully saturated rings. The summed E-state index contributed by atoms with van der Waals surface area (Å²) in [5, 5.41) is 2.78. The summed E-state index contributed by atoms with van der Waals surface area (Å²) in [6.07, 6.45) is 3.99. The molecule has 2 aromatic heterocycles. The van der Waals surface area contributed by atoms with E-state index in [4.69, 9.17) is 17.3 Å². The summed E-state index contributed by atoms with van der Waals surface area (Å²) in [4.78, 5) is 5.56. The van der Waals surface area contributed by atoms with Crippen LogP contribution in [0.3, 0.4) is 0 Å². The largest absolute Gasteiger partial charge is 0.323 e. The quantitative estimate of drug-likeness (QED) is 0.901. The maximum Gasteiger partial charge on any atom is 0.0561 e. The molecule has 2 atom stereocenters. The van der Waals surface area contributed by atoms with Crippen LogP contribution < -0.4 is 5.73 Å². The first-order valence-electron chi connectivity index (χ1n) is 5.69. The van der Waals surface area contributed by atoms with Gasteiger partial charge in [0.2, 0.25) is 0 Å². The number of hydrogen-bond donors (Lipinski definition) is 1. The Bertz CT molecular complexity index is 538. The van der Waals surface area contributed by atoms with Crippen molar-refractivity contribution in [2.75, 3.05) is 0 Å². The van der Waals surface area contributed by atoms with Crippen LogP contribution in [0.5, 0.6) is 0 Å². The summed E-state index contributed by atoms with van der Waals surface area (Å²) in [7, 11) is 0. The summed E-state index contributed by atoms with van der Waals surface area (Å²) in [5.41, 5.74) is 8.84. The summed E-state index contributed by atoms with van der Waals surface area (Å²) < 4.78 is 0. The van der Waals surface area contributed by atoms with Gasteiger partial charge < -0.3 is 5.73 Å². The second kappa shape index (κ2) is 4.41. The number of nitrogens with two attached hydrogens (primary N) is 1. The van der Waals surface area contributed by atoms with E-state index in [1.54, 1.807) is 11.3 Å². The molecule has 4 heteroatoms. The Morgan fingerprint density at radius 1 is 1.47 bits per heavy atom. The minimum Gasteiger partial charge on any atom is -0.323 e. The van der Waals surface area contributed by atoms with Crippen molar-refractivity contribution in [1.82, 2.24) is 4.98 Å². The third-order valence-electron chi connectivity index (χ3n) is 3.38. The van der Waals surface area contributed by atoms with E-state index < -0.39 is 0 Å². The zero-order valence-corrected chi connectivity index (χ0v) is 10.8. The zero-order chi connectivity index (χ0) is 11.8. The van der Waals surface area contributed by atoms with Gasteiger partial charge in [0.1, 0.15) is 0 Å². The van der Waals surface area contributed by atoms with E-state index in [9.17, 15) is 0 Å². The summed E-state index contributed by atoms with van der Waals surface area (Å²) >= 11 is 7.78. The van der Waals surface area contributed by atoms with Gasteiger partial charge in [-0.05, 0) is 35.9 Å². The number of thiophene rings is 1. The topological polar surface area (TPSA) is 38.9 Å². The Labute approximate surface area is 109 Å². The first-order valence-corrected chi connectivity index (χ1v) is 6.95. The number of halogens is 1. The molecule has 2 N–H and O–H groups in total. The van der Waals surface area contributed by atoms with E-state index in [1.807, 2.05) is 23.7 Å². The molecule has 17 heavy (non-hydrogen) atoms. The van der Waals surface area contributed by atoms with Crippen molar-refractivity contribution in [3.63, 3.8) is 0 Å². The Hall–Kier alpha value is -0.900. The van der Waals surface area contributed by atoms with E-state index in [-0.39, 0.29) is 6.04 Å². The van der Waals surface area contributed by atoms with Crippen LogP contribution in [-0.2, 0) is 6.42 Å². The van der Waals surface area contributed by atoms with Gasteiger partial charge in [0.15, 0.2) is 0 Å². The highest BCUT2D eigenvalue weighted by molar-refractivity contribution is 7.10. The molecule has 0 saturated carbocycles. The van der Waals surface area contributed by atoms with Gasteiger partial charge in [-0.25, -0.2) is 0 Å². The van der Waals surface area contributed by atoms with E-state index in [0.29, 0.717) is 5.92 Å². The maximum absolute atomic E-state index is 6.35. The van der Waals surface area contributed by atoms with Gasteiger partial charge in [0.05, 0.1) is 5.02 Å². The van der Waals surface area contributed by atoms with E-state index in [1.165, 1.54) is 5.56 Å². The highest BCUT2D eigenvalue weighted by Crippen LogP contribution is 2.42. The van der Waals surface area contributed by atoms with Crippen LogP contribution in [0.1, 0.15) is 34.5 Å². The second-order valence-corrected chi connectivity index (χ2v) is 5.71. The Balaban J connectivity index is 1.95. The van der Waals surface area contributed by atoms with Gasteiger partial charge in [-0.2, -0.15) is 0 Å². The van der Waals surface area contributed by atoms with Gasteiger partial charge in [0.25, 0.3) is 0 Å². The predicted octanol–water partition coefficient (Wildman–Crippen LogP) is 3.53. The van der Waals surface area contributed by atoms with Gasteiger partial charge in [-0.15, -0.1) is 11.3 Å². The molecule has 0 radical (unpaired) electrons. The number of hydrogen-bond acceptors (Lipinski definition) is 3. The molecule has 0 aliphatic heterocycles. The van der Waals surface area contributed by atoms with Crippen LogP contribution in [0.4, 0.5) is 0 Å². The van der Waals surface area contributed by atoms with E-state index in [0.717, 1.165) is 28.4 Å². The molecule has 2 nitrogen and oxygen atoms in total. The summed E-state index contributed by atoms with van der Waals surface area (Å²) in [6, 6.07) is 6.02. The van der Waals surface area contributed by atoms with Gasteiger partial charge in [-0.3, -0.25) is 4.98 Å². The highest BCUT2D eigenvalue weighted by atomic mass is 35.5. The van der Waals surface area contributed by atoms with Crippen molar-refractivity contribution >= 4 is 22.9 Å². The lowest BCUT2D eigenvalue weighted by molar-refractivity contribution is 0.548. The van der Waals surface area contributed by atoms with Crippen LogP contribution in [0.15, 0.2) is 29.8 Å². The second-order valence-electron chi connectivity index (χ2n) is 4.35. The molecular weight excluding hydrogens is 252 g/mol. The van der Waals surface area contributed by atoms with Crippen LogP contribution in [0.25, 0.3) is 0 Å². The van der Waals surface area contributed by atoms with E-state index in [2.05, 4.69) is 11.1 Å². The Morgan fingerprint density at radius 3 is 3.12 bits per heavy atom. The number of pyridine rings is 1. The van der Waals surface area contributed by atoms with Gasteiger partial charge in [-0.1, -0.05) is 17.7 Å². The zero-order valence-electron chi connectivity index (χ0n) is 9.27. The van der Waals surface area contributed by atoms with Crippen LogP contribution in [-0.4, -0.2) is 4.98 Å².